The summed E-state index contributed by atoms with van der Waals surface area (Å²) in [4.78, 5) is 0. The molecule has 0 aliphatic carbocycles. The molecule has 0 amide bonds. The van der Waals surface area contributed by atoms with Gasteiger partial charge in [-0.15, -0.1) is 5.92 Å². The van der Waals surface area contributed by atoms with Crippen LogP contribution in [0.25, 0.3) is 0 Å². The minimum Gasteiger partial charge on any atom is -0.329 e. The first-order valence-electron chi connectivity index (χ1n) is 6.01. The minimum atomic E-state index is 0.190. The van der Waals surface area contributed by atoms with Crippen LogP contribution in [0.2, 0.25) is 0 Å². The van der Waals surface area contributed by atoms with Gasteiger partial charge >= 0.3 is 0 Å². The summed E-state index contributed by atoms with van der Waals surface area (Å²) in [5.74, 6) is 5.89. The molecule has 2 nitrogen and oxygen atoms in total. The molecular formula is C15H22N2. The molecule has 1 rings (SSSR count). The van der Waals surface area contributed by atoms with Gasteiger partial charge in [0.2, 0.25) is 0 Å². The lowest BCUT2D eigenvalue weighted by Gasteiger charge is -2.19. The summed E-state index contributed by atoms with van der Waals surface area (Å²) >= 11 is 0. The van der Waals surface area contributed by atoms with Gasteiger partial charge in [-0.2, -0.15) is 0 Å². The Hall–Kier alpha value is -1.30. The summed E-state index contributed by atoms with van der Waals surface area (Å²) in [6.45, 7) is 9.54. The molecule has 1 unspecified atom stereocenters. The fourth-order valence-corrected chi connectivity index (χ4v) is 1.94. The van der Waals surface area contributed by atoms with E-state index in [4.69, 9.17) is 5.73 Å². The van der Waals surface area contributed by atoms with Gasteiger partial charge in [0.1, 0.15) is 0 Å². The number of hydrogen-bond donors (Lipinski definition) is 2. The second-order valence-corrected chi connectivity index (χ2v) is 4.39. The fourth-order valence-electron chi connectivity index (χ4n) is 1.94. The van der Waals surface area contributed by atoms with Gasteiger partial charge in [-0.3, -0.25) is 5.32 Å². The van der Waals surface area contributed by atoms with E-state index in [1.807, 2.05) is 6.92 Å². The standard InChI is InChI=1S/C15H22N2/c1-5-6-7-17-15(10-16)14-9-12(3)11(2)8-13(14)4/h8-9,15,17H,7,10,16H2,1-4H3. The molecule has 1 aromatic rings. The Morgan fingerprint density at radius 1 is 1.18 bits per heavy atom. The molecule has 0 saturated heterocycles. The Balaban J connectivity index is 2.93. The first kappa shape index (κ1) is 13.8. The van der Waals surface area contributed by atoms with E-state index < -0.39 is 0 Å². The Morgan fingerprint density at radius 3 is 2.41 bits per heavy atom. The lowest BCUT2D eigenvalue weighted by Crippen LogP contribution is -2.29. The zero-order chi connectivity index (χ0) is 12.8. The Labute approximate surface area is 105 Å². The van der Waals surface area contributed by atoms with Crippen molar-refractivity contribution in [3.8, 4) is 11.8 Å². The maximum absolute atomic E-state index is 5.83. The molecule has 2 heteroatoms. The van der Waals surface area contributed by atoms with Crippen LogP contribution in [-0.2, 0) is 0 Å². The molecule has 1 atom stereocenters. The van der Waals surface area contributed by atoms with Crippen molar-refractivity contribution in [1.82, 2.24) is 5.32 Å². The molecular weight excluding hydrogens is 208 g/mol. The molecule has 0 bridgehead atoms. The normalized spacial score (nSPS) is 11.8. The van der Waals surface area contributed by atoms with Gasteiger partial charge in [0, 0.05) is 12.6 Å². The third-order valence-electron chi connectivity index (χ3n) is 3.11. The number of nitrogens with one attached hydrogen (secondary N) is 1. The van der Waals surface area contributed by atoms with E-state index in [1.54, 1.807) is 0 Å². The van der Waals surface area contributed by atoms with E-state index in [2.05, 4.69) is 50.1 Å². The summed E-state index contributed by atoms with van der Waals surface area (Å²) in [5, 5.41) is 3.38. The van der Waals surface area contributed by atoms with Crippen molar-refractivity contribution in [3.05, 3.63) is 34.4 Å². The molecule has 1 aromatic carbocycles. The second-order valence-electron chi connectivity index (χ2n) is 4.39. The van der Waals surface area contributed by atoms with E-state index in [0.29, 0.717) is 13.1 Å². The topological polar surface area (TPSA) is 38.0 Å². The summed E-state index contributed by atoms with van der Waals surface area (Å²) in [7, 11) is 0. The molecule has 0 spiro atoms. The van der Waals surface area contributed by atoms with Crippen molar-refractivity contribution in [1.29, 1.82) is 0 Å². The Bertz CT molecular complexity index is 438. The first-order valence-corrected chi connectivity index (χ1v) is 6.01. The molecule has 0 aliphatic heterocycles. The second kappa shape index (κ2) is 6.44. The molecule has 17 heavy (non-hydrogen) atoms. The van der Waals surface area contributed by atoms with Gasteiger partial charge in [-0.1, -0.05) is 18.1 Å². The van der Waals surface area contributed by atoms with E-state index in [9.17, 15) is 0 Å². The highest BCUT2D eigenvalue weighted by atomic mass is 14.9. The number of rotatable bonds is 4. The van der Waals surface area contributed by atoms with Crippen molar-refractivity contribution >= 4 is 0 Å². The van der Waals surface area contributed by atoms with Crippen LogP contribution in [0.1, 0.15) is 35.2 Å². The summed E-state index contributed by atoms with van der Waals surface area (Å²) in [6, 6.07) is 4.64. The third kappa shape index (κ3) is 3.59. The number of nitrogens with two attached hydrogens (primary N) is 1. The molecule has 3 N–H and O–H groups in total. The van der Waals surface area contributed by atoms with E-state index in [0.717, 1.165) is 0 Å². The van der Waals surface area contributed by atoms with Gasteiger partial charge in [0.25, 0.3) is 0 Å². The summed E-state index contributed by atoms with van der Waals surface area (Å²) in [5.41, 5.74) is 11.1. The highest BCUT2D eigenvalue weighted by Crippen LogP contribution is 2.21. The minimum absolute atomic E-state index is 0.190. The lowest BCUT2D eigenvalue weighted by molar-refractivity contribution is 0.578. The highest BCUT2D eigenvalue weighted by Gasteiger charge is 2.12. The number of hydrogen-bond acceptors (Lipinski definition) is 2. The van der Waals surface area contributed by atoms with Crippen molar-refractivity contribution < 1.29 is 0 Å². The molecule has 0 heterocycles. The van der Waals surface area contributed by atoms with Crippen LogP contribution in [0.5, 0.6) is 0 Å². The van der Waals surface area contributed by atoms with Crippen LogP contribution in [-0.4, -0.2) is 13.1 Å². The molecule has 0 radical (unpaired) electrons. The van der Waals surface area contributed by atoms with Crippen LogP contribution < -0.4 is 11.1 Å². The van der Waals surface area contributed by atoms with E-state index >= 15 is 0 Å². The highest BCUT2D eigenvalue weighted by molar-refractivity contribution is 5.38. The maximum Gasteiger partial charge on any atom is 0.0581 e. The number of benzene rings is 1. The van der Waals surface area contributed by atoms with Gasteiger partial charge < -0.3 is 5.73 Å². The van der Waals surface area contributed by atoms with Crippen LogP contribution in [0, 0.1) is 32.6 Å². The van der Waals surface area contributed by atoms with Gasteiger partial charge in [0.15, 0.2) is 0 Å². The predicted molar refractivity (Wildman–Crippen MR) is 73.9 cm³/mol. The Kier molecular flexibility index (Phi) is 5.21. The molecule has 0 aromatic heterocycles. The summed E-state index contributed by atoms with van der Waals surface area (Å²) < 4.78 is 0. The zero-order valence-corrected chi connectivity index (χ0v) is 11.2. The smallest absolute Gasteiger partial charge is 0.0581 e. The monoisotopic (exact) mass is 230 g/mol. The van der Waals surface area contributed by atoms with E-state index in [1.165, 1.54) is 22.3 Å². The first-order chi connectivity index (χ1) is 8.10. The zero-order valence-electron chi connectivity index (χ0n) is 11.2. The van der Waals surface area contributed by atoms with Crippen LogP contribution in [0.3, 0.4) is 0 Å². The molecule has 0 aliphatic rings. The fraction of sp³-hybridized carbons (Fsp3) is 0.467. The van der Waals surface area contributed by atoms with Gasteiger partial charge in [-0.25, -0.2) is 0 Å². The van der Waals surface area contributed by atoms with Crippen LogP contribution >= 0.6 is 0 Å². The molecule has 92 valence electrons. The average Bonchev–Trinajstić information content (AvgIpc) is 2.30. The van der Waals surface area contributed by atoms with Crippen molar-refractivity contribution in [2.75, 3.05) is 13.1 Å². The van der Waals surface area contributed by atoms with Gasteiger partial charge in [0.05, 0.1) is 6.54 Å². The van der Waals surface area contributed by atoms with E-state index in [-0.39, 0.29) is 6.04 Å². The van der Waals surface area contributed by atoms with Crippen molar-refractivity contribution in [3.63, 3.8) is 0 Å². The predicted octanol–water partition coefficient (Wildman–Crippen LogP) is 2.22. The quantitative estimate of drug-likeness (QED) is 0.778. The lowest BCUT2D eigenvalue weighted by atomic mass is 9.96. The van der Waals surface area contributed by atoms with Crippen LogP contribution in [0.15, 0.2) is 12.1 Å². The van der Waals surface area contributed by atoms with Gasteiger partial charge in [-0.05, 0) is 49.9 Å². The van der Waals surface area contributed by atoms with Crippen molar-refractivity contribution in [2.45, 2.75) is 33.7 Å². The maximum atomic E-state index is 5.83. The SMILES string of the molecule is CC#CCNC(CN)c1cc(C)c(C)cc1C. The molecule has 0 fully saturated rings. The largest absolute Gasteiger partial charge is 0.329 e. The average molecular weight is 230 g/mol. The summed E-state index contributed by atoms with van der Waals surface area (Å²) in [6.07, 6.45) is 0. The number of aryl methyl sites for hydroxylation is 3. The van der Waals surface area contributed by atoms with Crippen LogP contribution in [0.4, 0.5) is 0 Å². The third-order valence-corrected chi connectivity index (χ3v) is 3.11. The molecule has 0 saturated carbocycles. The Morgan fingerprint density at radius 2 is 1.82 bits per heavy atom. The van der Waals surface area contributed by atoms with Crippen molar-refractivity contribution in [2.24, 2.45) is 5.73 Å².